The minimum Gasteiger partial charge on any atom is -0.442 e. The Morgan fingerprint density at radius 2 is 2.17 bits per heavy atom. The maximum Gasteiger partial charge on any atom is 0.339 e. The largest absolute Gasteiger partial charge is 0.442 e. The number of carbonyl (C=O) groups is 1. The summed E-state index contributed by atoms with van der Waals surface area (Å²) in [6, 6.07) is 5.33. The smallest absolute Gasteiger partial charge is 0.339 e. The lowest BCUT2D eigenvalue weighted by molar-refractivity contribution is -0.384. The number of carbonyl (C=O) groups excluding carboxylic acids is 1. The first-order valence-electron chi connectivity index (χ1n) is 7.59. The van der Waals surface area contributed by atoms with Gasteiger partial charge in [-0.2, -0.15) is 0 Å². The molecule has 0 radical (unpaired) electrons. The highest BCUT2D eigenvalue weighted by Crippen LogP contribution is 2.39. The standard InChI is InChI=1S/C18H19NO4/c1-3-7-15-8-5-6-13-18(15,4-2)23-17(20)14-9-11-16(12-10-14)19(21)22/h2-3,9-12,15H,1,5-8,13H2/t15-,18+/m0/s1. The van der Waals surface area contributed by atoms with Crippen LogP contribution in [-0.2, 0) is 4.74 Å². The average Bonchev–Trinajstić information content (AvgIpc) is 2.57. The lowest BCUT2D eigenvalue weighted by atomic mass is 9.74. The molecule has 0 aromatic heterocycles. The Balaban J connectivity index is 2.20. The number of hydrogen-bond donors (Lipinski definition) is 0. The summed E-state index contributed by atoms with van der Waals surface area (Å²) in [7, 11) is 0. The number of nitro groups is 1. The van der Waals surface area contributed by atoms with E-state index < -0.39 is 16.5 Å². The number of nitro benzene ring substituents is 1. The molecule has 120 valence electrons. The van der Waals surface area contributed by atoms with Crippen LogP contribution < -0.4 is 0 Å². The molecule has 1 aliphatic carbocycles. The summed E-state index contributed by atoms with van der Waals surface area (Å²) in [5.41, 5.74) is -0.741. The van der Waals surface area contributed by atoms with Gasteiger partial charge in [0.1, 0.15) is 0 Å². The van der Waals surface area contributed by atoms with Crippen LogP contribution in [0.2, 0.25) is 0 Å². The van der Waals surface area contributed by atoms with Gasteiger partial charge in [-0.3, -0.25) is 10.1 Å². The highest BCUT2D eigenvalue weighted by molar-refractivity contribution is 5.90. The first-order chi connectivity index (χ1) is 11.0. The summed E-state index contributed by atoms with van der Waals surface area (Å²) >= 11 is 0. The van der Waals surface area contributed by atoms with Crippen LogP contribution in [0.5, 0.6) is 0 Å². The van der Waals surface area contributed by atoms with Crippen molar-refractivity contribution in [3.05, 3.63) is 52.6 Å². The molecule has 1 fully saturated rings. The average molecular weight is 313 g/mol. The van der Waals surface area contributed by atoms with Gasteiger partial charge < -0.3 is 4.74 Å². The van der Waals surface area contributed by atoms with Crippen molar-refractivity contribution >= 4 is 11.7 Å². The summed E-state index contributed by atoms with van der Waals surface area (Å²) in [6.07, 6.45) is 11.7. The molecule has 1 saturated carbocycles. The molecular weight excluding hydrogens is 294 g/mol. The summed E-state index contributed by atoms with van der Waals surface area (Å²) in [6.45, 7) is 3.75. The third kappa shape index (κ3) is 3.59. The second-order valence-corrected chi connectivity index (χ2v) is 5.69. The molecule has 5 heteroatoms. The number of allylic oxidation sites excluding steroid dienone is 1. The molecule has 2 rings (SSSR count). The topological polar surface area (TPSA) is 69.4 Å². The molecule has 0 unspecified atom stereocenters. The fraction of sp³-hybridized carbons (Fsp3) is 0.389. The van der Waals surface area contributed by atoms with Crippen LogP contribution >= 0.6 is 0 Å². The molecule has 0 aliphatic heterocycles. The molecule has 2 atom stereocenters. The van der Waals surface area contributed by atoms with Gasteiger partial charge in [-0.1, -0.05) is 18.4 Å². The van der Waals surface area contributed by atoms with Gasteiger partial charge in [0.25, 0.3) is 5.69 Å². The first-order valence-corrected chi connectivity index (χ1v) is 7.59. The van der Waals surface area contributed by atoms with Crippen LogP contribution in [0.1, 0.15) is 42.5 Å². The van der Waals surface area contributed by atoms with Crippen molar-refractivity contribution in [1.82, 2.24) is 0 Å². The highest BCUT2D eigenvalue weighted by atomic mass is 16.6. The van der Waals surface area contributed by atoms with Crippen LogP contribution in [0.25, 0.3) is 0 Å². The lowest BCUT2D eigenvalue weighted by Gasteiger charge is -2.39. The molecule has 5 nitrogen and oxygen atoms in total. The quantitative estimate of drug-likeness (QED) is 0.272. The molecule has 0 amide bonds. The summed E-state index contributed by atoms with van der Waals surface area (Å²) < 4.78 is 5.69. The molecular formula is C18H19NO4. The summed E-state index contributed by atoms with van der Waals surface area (Å²) in [5.74, 6) is 2.19. The van der Waals surface area contributed by atoms with E-state index in [9.17, 15) is 14.9 Å². The van der Waals surface area contributed by atoms with Crippen LogP contribution in [-0.4, -0.2) is 16.5 Å². The van der Waals surface area contributed by atoms with Crippen LogP contribution in [0.3, 0.4) is 0 Å². The Morgan fingerprint density at radius 3 is 2.74 bits per heavy atom. The van der Waals surface area contributed by atoms with Gasteiger partial charge in [-0.05, 0) is 37.8 Å². The number of nitrogens with zero attached hydrogens (tertiary/aromatic N) is 1. The zero-order valence-electron chi connectivity index (χ0n) is 12.9. The molecule has 0 heterocycles. The van der Waals surface area contributed by atoms with Crippen molar-refractivity contribution in [3.63, 3.8) is 0 Å². The summed E-state index contributed by atoms with van der Waals surface area (Å²) in [4.78, 5) is 22.5. The van der Waals surface area contributed by atoms with Gasteiger partial charge in [0.15, 0.2) is 5.60 Å². The van der Waals surface area contributed by atoms with Crippen molar-refractivity contribution in [2.24, 2.45) is 5.92 Å². The molecule has 0 N–H and O–H groups in total. The van der Waals surface area contributed by atoms with E-state index in [1.54, 1.807) is 6.08 Å². The highest BCUT2D eigenvalue weighted by Gasteiger charge is 2.42. The Labute approximate surface area is 135 Å². The number of non-ortho nitro benzene ring substituents is 1. The monoisotopic (exact) mass is 313 g/mol. The first kappa shape index (κ1) is 16.8. The van der Waals surface area contributed by atoms with Crippen LogP contribution in [0.15, 0.2) is 36.9 Å². The predicted molar refractivity (Wildman–Crippen MR) is 86.8 cm³/mol. The number of ether oxygens (including phenoxy) is 1. The Hall–Kier alpha value is -2.61. The Kier molecular flexibility index (Phi) is 5.17. The lowest BCUT2D eigenvalue weighted by Crippen LogP contribution is -2.43. The number of hydrogen-bond acceptors (Lipinski definition) is 4. The third-order valence-electron chi connectivity index (χ3n) is 4.29. The SMILES string of the molecule is C#C[C@@]1(OC(=O)c2ccc([N+](=O)[O-])cc2)CCCC[C@@H]1CC=C. The maximum absolute atomic E-state index is 12.4. The number of rotatable bonds is 5. The van der Waals surface area contributed by atoms with Gasteiger partial charge in [-0.25, -0.2) is 4.79 Å². The normalized spacial score (nSPS) is 23.5. The van der Waals surface area contributed by atoms with Gasteiger partial charge in [0, 0.05) is 18.1 Å². The fourth-order valence-corrected chi connectivity index (χ4v) is 3.02. The molecule has 1 aliphatic rings. The van der Waals surface area contributed by atoms with Gasteiger partial charge in [0.2, 0.25) is 0 Å². The Bertz CT molecular complexity index is 644. The zero-order chi connectivity index (χ0) is 16.9. The molecule has 0 spiro atoms. The molecule has 23 heavy (non-hydrogen) atoms. The molecule has 0 saturated heterocycles. The Morgan fingerprint density at radius 1 is 1.48 bits per heavy atom. The second-order valence-electron chi connectivity index (χ2n) is 5.69. The van der Waals surface area contributed by atoms with Gasteiger partial charge in [0.05, 0.1) is 10.5 Å². The van der Waals surface area contributed by atoms with Gasteiger partial charge in [-0.15, -0.1) is 13.0 Å². The van der Waals surface area contributed by atoms with Crippen molar-refractivity contribution in [2.75, 3.05) is 0 Å². The van der Waals surface area contributed by atoms with Crippen LogP contribution in [0.4, 0.5) is 5.69 Å². The number of esters is 1. The van der Waals surface area contributed by atoms with E-state index in [0.717, 1.165) is 19.3 Å². The van der Waals surface area contributed by atoms with E-state index in [-0.39, 0.29) is 17.2 Å². The molecule has 1 aromatic rings. The van der Waals surface area contributed by atoms with E-state index in [1.807, 2.05) is 0 Å². The fourth-order valence-electron chi connectivity index (χ4n) is 3.02. The van der Waals surface area contributed by atoms with Crippen molar-refractivity contribution in [3.8, 4) is 12.3 Å². The van der Waals surface area contributed by atoms with E-state index in [4.69, 9.17) is 11.2 Å². The van der Waals surface area contributed by atoms with Crippen molar-refractivity contribution in [2.45, 2.75) is 37.7 Å². The van der Waals surface area contributed by atoms with Gasteiger partial charge >= 0.3 is 5.97 Å². The number of terminal acetylenes is 1. The van der Waals surface area contributed by atoms with E-state index >= 15 is 0 Å². The minimum absolute atomic E-state index is 0.0562. The number of benzene rings is 1. The van der Waals surface area contributed by atoms with Crippen molar-refractivity contribution < 1.29 is 14.5 Å². The maximum atomic E-state index is 12.4. The summed E-state index contributed by atoms with van der Waals surface area (Å²) in [5, 5.41) is 10.7. The van der Waals surface area contributed by atoms with Crippen LogP contribution in [0, 0.1) is 28.4 Å². The third-order valence-corrected chi connectivity index (χ3v) is 4.29. The second kappa shape index (κ2) is 7.10. The van der Waals surface area contributed by atoms with E-state index in [2.05, 4.69) is 12.5 Å². The van der Waals surface area contributed by atoms with Crippen molar-refractivity contribution in [1.29, 1.82) is 0 Å². The van der Waals surface area contributed by atoms with E-state index in [1.165, 1.54) is 24.3 Å². The minimum atomic E-state index is -0.925. The van der Waals surface area contributed by atoms with E-state index in [0.29, 0.717) is 12.8 Å². The molecule has 0 bridgehead atoms. The predicted octanol–water partition coefficient (Wildman–Crippen LogP) is 3.89. The molecule has 1 aromatic carbocycles. The zero-order valence-corrected chi connectivity index (χ0v) is 12.9.